The second kappa shape index (κ2) is 2.99. The fraction of sp³-hybridized carbons (Fsp3) is 0.273. The Morgan fingerprint density at radius 2 is 2.20 bits per heavy atom. The first kappa shape index (κ1) is 9.53. The van der Waals surface area contributed by atoms with E-state index in [1.165, 1.54) is 0 Å². The molecular formula is C11H10N2O2. The number of fused-ring (bicyclic) bond motifs is 1. The van der Waals surface area contributed by atoms with Gasteiger partial charge in [0.25, 0.3) is 5.91 Å². The van der Waals surface area contributed by atoms with Gasteiger partial charge in [-0.2, -0.15) is 5.26 Å². The molecule has 1 aromatic rings. The maximum absolute atomic E-state index is 11.5. The van der Waals surface area contributed by atoms with E-state index in [4.69, 9.17) is 10.00 Å². The average Bonchev–Trinajstić information content (AvgIpc) is 2.18. The number of amides is 1. The molecule has 0 fully saturated rings. The van der Waals surface area contributed by atoms with Crippen molar-refractivity contribution in [3.05, 3.63) is 23.8 Å². The second-order valence-corrected chi connectivity index (χ2v) is 3.89. The molecule has 0 unspecified atom stereocenters. The molecule has 1 aromatic carbocycles. The lowest BCUT2D eigenvalue weighted by Crippen LogP contribution is -2.45. The Bertz CT molecular complexity index is 472. The van der Waals surface area contributed by atoms with Gasteiger partial charge < -0.3 is 10.1 Å². The molecule has 1 amide bonds. The summed E-state index contributed by atoms with van der Waals surface area (Å²) >= 11 is 0. The predicted molar refractivity (Wildman–Crippen MR) is 54.5 cm³/mol. The van der Waals surface area contributed by atoms with Crippen molar-refractivity contribution in [3.8, 4) is 11.8 Å². The first-order chi connectivity index (χ1) is 7.03. The van der Waals surface area contributed by atoms with Crippen molar-refractivity contribution in [2.24, 2.45) is 0 Å². The number of nitrogens with zero attached hydrogens (tertiary/aromatic N) is 1. The Hall–Kier alpha value is -2.02. The summed E-state index contributed by atoms with van der Waals surface area (Å²) in [5.41, 5.74) is 0.236. The third-order valence-corrected chi connectivity index (χ3v) is 2.27. The van der Waals surface area contributed by atoms with Gasteiger partial charge in [-0.15, -0.1) is 0 Å². The summed E-state index contributed by atoms with van der Waals surface area (Å²) in [7, 11) is 0. The maximum Gasteiger partial charge on any atom is 0.268 e. The molecule has 0 aliphatic carbocycles. The molecule has 0 radical (unpaired) electrons. The van der Waals surface area contributed by atoms with Crippen LogP contribution in [0.3, 0.4) is 0 Å². The molecule has 0 atom stereocenters. The number of nitriles is 1. The van der Waals surface area contributed by atoms with Crippen LogP contribution in [0.2, 0.25) is 0 Å². The smallest absolute Gasteiger partial charge is 0.268 e. The second-order valence-electron chi connectivity index (χ2n) is 3.89. The Morgan fingerprint density at radius 3 is 2.87 bits per heavy atom. The third-order valence-electron chi connectivity index (χ3n) is 2.27. The molecule has 1 heterocycles. The van der Waals surface area contributed by atoms with Crippen molar-refractivity contribution < 1.29 is 9.53 Å². The minimum absolute atomic E-state index is 0.181. The molecule has 4 heteroatoms. The molecule has 2 rings (SSSR count). The van der Waals surface area contributed by atoms with Crippen LogP contribution in [0.25, 0.3) is 0 Å². The molecule has 0 bridgehead atoms. The van der Waals surface area contributed by atoms with Gasteiger partial charge in [0.1, 0.15) is 5.75 Å². The number of ether oxygens (including phenoxy) is 1. The van der Waals surface area contributed by atoms with Gasteiger partial charge in [0.15, 0.2) is 5.60 Å². The van der Waals surface area contributed by atoms with Gasteiger partial charge in [0.2, 0.25) is 0 Å². The fourth-order valence-electron chi connectivity index (χ4n) is 1.37. The minimum Gasteiger partial charge on any atom is -0.476 e. The molecule has 76 valence electrons. The third kappa shape index (κ3) is 1.52. The van der Waals surface area contributed by atoms with E-state index in [1.54, 1.807) is 32.0 Å². The van der Waals surface area contributed by atoms with Crippen molar-refractivity contribution >= 4 is 11.6 Å². The van der Waals surface area contributed by atoms with E-state index < -0.39 is 5.60 Å². The molecule has 0 spiro atoms. The summed E-state index contributed by atoms with van der Waals surface area (Å²) in [5, 5.41) is 11.5. The SMILES string of the molecule is CC1(C)Oc2cc(C#N)ccc2NC1=O. The molecule has 0 saturated heterocycles. The van der Waals surface area contributed by atoms with E-state index in [1.807, 2.05) is 6.07 Å². The highest BCUT2D eigenvalue weighted by Gasteiger charge is 2.35. The fourth-order valence-corrected chi connectivity index (χ4v) is 1.37. The van der Waals surface area contributed by atoms with E-state index in [0.717, 1.165) is 0 Å². The number of benzene rings is 1. The highest BCUT2D eigenvalue weighted by molar-refractivity contribution is 6.00. The molecule has 15 heavy (non-hydrogen) atoms. The first-order valence-corrected chi connectivity index (χ1v) is 4.57. The van der Waals surface area contributed by atoms with Crippen LogP contribution in [0.5, 0.6) is 5.75 Å². The van der Waals surface area contributed by atoms with Crippen LogP contribution in [0.1, 0.15) is 19.4 Å². The number of nitrogens with one attached hydrogen (secondary N) is 1. The summed E-state index contributed by atoms with van der Waals surface area (Å²) in [6.07, 6.45) is 0. The zero-order valence-electron chi connectivity index (χ0n) is 8.50. The van der Waals surface area contributed by atoms with Gasteiger partial charge >= 0.3 is 0 Å². The van der Waals surface area contributed by atoms with Crippen LogP contribution in [0.4, 0.5) is 5.69 Å². The summed E-state index contributed by atoms with van der Waals surface area (Å²) in [4.78, 5) is 11.5. The molecule has 4 nitrogen and oxygen atoms in total. The number of hydrogen-bond acceptors (Lipinski definition) is 3. The standard InChI is InChI=1S/C11H10N2O2/c1-11(2)10(14)13-8-4-3-7(6-12)5-9(8)15-11/h3-5H,1-2H3,(H,13,14). The molecule has 1 aliphatic heterocycles. The average molecular weight is 202 g/mol. The van der Waals surface area contributed by atoms with Crippen LogP contribution in [-0.4, -0.2) is 11.5 Å². The van der Waals surface area contributed by atoms with Gasteiger partial charge in [0.05, 0.1) is 17.3 Å². The maximum atomic E-state index is 11.5. The molecule has 0 aromatic heterocycles. The Labute approximate surface area is 87.5 Å². The van der Waals surface area contributed by atoms with E-state index in [-0.39, 0.29) is 5.91 Å². The zero-order valence-corrected chi connectivity index (χ0v) is 8.50. The lowest BCUT2D eigenvalue weighted by molar-refractivity contribution is -0.129. The largest absolute Gasteiger partial charge is 0.476 e. The predicted octanol–water partition coefficient (Wildman–Crippen LogP) is 1.67. The number of rotatable bonds is 0. The summed E-state index contributed by atoms with van der Waals surface area (Å²) in [6, 6.07) is 6.95. The summed E-state index contributed by atoms with van der Waals surface area (Å²) in [5.74, 6) is 0.360. The van der Waals surface area contributed by atoms with Crippen molar-refractivity contribution in [1.29, 1.82) is 5.26 Å². The van der Waals surface area contributed by atoms with Gasteiger partial charge in [-0.3, -0.25) is 4.79 Å². The highest BCUT2D eigenvalue weighted by Crippen LogP contribution is 2.33. The van der Waals surface area contributed by atoms with Crippen molar-refractivity contribution in [2.75, 3.05) is 5.32 Å². The van der Waals surface area contributed by atoms with Crippen LogP contribution >= 0.6 is 0 Å². The molecular weight excluding hydrogens is 192 g/mol. The van der Waals surface area contributed by atoms with E-state index in [0.29, 0.717) is 17.0 Å². The lowest BCUT2D eigenvalue weighted by atomic mass is 10.1. The van der Waals surface area contributed by atoms with Crippen LogP contribution < -0.4 is 10.1 Å². The topological polar surface area (TPSA) is 62.1 Å². The molecule has 0 saturated carbocycles. The summed E-state index contributed by atoms with van der Waals surface area (Å²) in [6.45, 7) is 3.37. The minimum atomic E-state index is -0.888. The van der Waals surface area contributed by atoms with Crippen LogP contribution in [0, 0.1) is 11.3 Å². The lowest BCUT2D eigenvalue weighted by Gasteiger charge is -2.31. The van der Waals surface area contributed by atoms with Gasteiger partial charge in [0, 0.05) is 6.07 Å². The normalized spacial score (nSPS) is 17.0. The number of hydrogen-bond donors (Lipinski definition) is 1. The van der Waals surface area contributed by atoms with Crippen LogP contribution in [0.15, 0.2) is 18.2 Å². The Balaban J connectivity index is 2.47. The quantitative estimate of drug-likeness (QED) is 0.696. The van der Waals surface area contributed by atoms with Crippen molar-refractivity contribution in [1.82, 2.24) is 0 Å². The molecule has 1 N–H and O–H groups in total. The van der Waals surface area contributed by atoms with Gasteiger partial charge in [-0.25, -0.2) is 0 Å². The number of carbonyl (C=O) groups excluding carboxylic acids is 1. The highest BCUT2D eigenvalue weighted by atomic mass is 16.5. The Kier molecular flexibility index (Phi) is 1.90. The van der Waals surface area contributed by atoms with E-state index in [2.05, 4.69) is 5.32 Å². The first-order valence-electron chi connectivity index (χ1n) is 4.57. The monoisotopic (exact) mass is 202 g/mol. The van der Waals surface area contributed by atoms with Crippen molar-refractivity contribution in [2.45, 2.75) is 19.4 Å². The zero-order chi connectivity index (χ0) is 11.1. The van der Waals surface area contributed by atoms with Crippen LogP contribution in [-0.2, 0) is 4.79 Å². The summed E-state index contributed by atoms with van der Waals surface area (Å²) < 4.78 is 5.51. The van der Waals surface area contributed by atoms with Gasteiger partial charge in [-0.05, 0) is 26.0 Å². The number of carbonyl (C=O) groups is 1. The Morgan fingerprint density at radius 1 is 1.47 bits per heavy atom. The van der Waals surface area contributed by atoms with Crippen molar-refractivity contribution in [3.63, 3.8) is 0 Å². The number of anilines is 1. The molecule has 1 aliphatic rings. The van der Waals surface area contributed by atoms with E-state index >= 15 is 0 Å². The van der Waals surface area contributed by atoms with Gasteiger partial charge in [-0.1, -0.05) is 0 Å². The van der Waals surface area contributed by atoms with E-state index in [9.17, 15) is 4.79 Å².